The van der Waals surface area contributed by atoms with Crippen molar-refractivity contribution in [1.29, 1.82) is 0 Å². The highest BCUT2D eigenvalue weighted by atomic mass is 19.1. The molecule has 76 valence electrons. The summed E-state index contributed by atoms with van der Waals surface area (Å²) in [4.78, 5) is 10.2. The molecule has 0 atom stereocenters. The van der Waals surface area contributed by atoms with Crippen molar-refractivity contribution in [3.05, 3.63) is 42.0 Å². The van der Waals surface area contributed by atoms with Crippen molar-refractivity contribution in [2.75, 3.05) is 0 Å². The topological polar surface area (TPSA) is 47.8 Å². The SMILES string of the molecule is O=CCc1cn(-c2ccc(F)cc2)nn1. The van der Waals surface area contributed by atoms with Gasteiger partial charge in [0.05, 0.1) is 17.6 Å². The highest BCUT2D eigenvalue weighted by molar-refractivity contribution is 5.53. The summed E-state index contributed by atoms with van der Waals surface area (Å²) < 4.78 is 14.1. The molecule has 0 fully saturated rings. The molecule has 0 spiro atoms. The zero-order valence-corrected chi connectivity index (χ0v) is 7.80. The van der Waals surface area contributed by atoms with Gasteiger partial charge in [0, 0.05) is 6.42 Å². The molecule has 0 radical (unpaired) electrons. The lowest BCUT2D eigenvalue weighted by Gasteiger charge is -1.97. The van der Waals surface area contributed by atoms with Crippen LogP contribution in [-0.2, 0) is 11.2 Å². The van der Waals surface area contributed by atoms with E-state index in [9.17, 15) is 9.18 Å². The highest BCUT2D eigenvalue weighted by Crippen LogP contribution is 2.07. The van der Waals surface area contributed by atoms with Gasteiger partial charge >= 0.3 is 0 Å². The van der Waals surface area contributed by atoms with Crippen LogP contribution in [0.4, 0.5) is 4.39 Å². The van der Waals surface area contributed by atoms with Gasteiger partial charge in [0.2, 0.25) is 0 Å². The molecule has 1 aromatic heterocycles. The van der Waals surface area contributed by atoms with Gasteiger partial charge in [0.25, 0.3) is 0 Å². The first-order valence-electron chi connectivity index (χ1n) is 4.40. The summed E-state index contributed by atoms with van der Waals surface area (Å²) in [5.41, 5.74) is 1.30. The molecule has 0 N–H and O–H groups in total. The zero-order chi connectivity index (χ0) is 10.7. The third kappa shape index (κ3) is 2.07. The van der Waals surface area contributed by atoms with Gasteiger partial charge in [0.1, 0.15) is 12.1 Å². The number of carbonyl (C=O) groups is 1. The molecule has 2 aromatic rings. The van der Waals surface area contributed by atoms with Crippen LogP contribution in [0.2, 0.25) is 0 Å². The third-order valence-electron chi connectivity index (χ3n) is 1.92. The Labute approximate surface area is 85.3 Å². The lowest BCUT2D eigenvalue weighted by atomic mass is 10.3. The molecule has 0 aliphatic heterocycles. The predicted octanol–water partition coefficient (Wildman–Crippen LogP) is 1.15. The van der Waals surface area contributed by atoms with E-state index in [0.29, 0.717) is 11.4 Å². The van der Waals surface area contributed by atoms with Gasteiger partial charge in [-0.2, -0.15) is 0 Å². The summed E-state index contributed by atoms with van der Waals surface area (Å²) in [7, 11) is 0. The average molecular weight is 205 g/mol. The van der Waals surface area contributed by atoms with Crippen LogP contribution in [0.15, 0.2) is 30.5 Å². The van der Waals surface area contributed by atoms with Crippen molar-refractivity contribution < 1.29 is 9.18 Å². The molecule has 0 aliphatic carbocycles. The van der Waals surface area contributed by atoms with E-state index < -0.39 is 0 Å². The largest absolute Gasteiger partial charge is 0.303 e. The minimum atomic E-state index is -0.299. The first-order valence-corrected chi connectivity index (χ1v) is 4.40. The van der Waals surface area contributed by atoms with Gasteiger partial charge < -0.3 is 4.79 Å². The van der Waals surface area contributed by atoms with E-state index in [0.717, 1.165) is 6.29 Å². The second-order valence-electron chi connectivity index (χ2n) is 3.00. The monoisotopic (exact) mass is 205 g/mol. The fourth-order valence-corrected chi connectivity index (χ4v) is 1.20. The van der Waals surface area contributed by atoms with E-state index in [2.05, 4.69) is 10.3 Å². The quantitative estimate of drug-likeness (QED) is 0.706. The number of aromatic nitrogens is 3. The fraction of sp³-hybridized carbons (Fsp3) is 0.100. The van der Waals surface area contributed by atoms with Gasteiger partial charge in [-0.1, -0.05) is 5.21 Å². The standard InChI is InChI=1S/C10H8FN3O/c11-8-1-3-10(4-2-8)14-7-9(5-6-15)12-13-14/h1-4,6-7H,5H2. The Hall–Kier alpha value is -2.04. The normalized spacial score (nSPS) is 10.2. The van der Waals surface area contributed by atoms with Crippen LogP contribution in [-0.4, -0.2) is 21.3 Å². The molecule has 5 heteroatoms. The van der Waals surface area contributed by atoms with E-state index in [-0.39, 0.29) is 12.2 Å². The minimum Gasteiger partial charge on any atom is -0.303 e. The summed E-state index contributed by atoms with van der Waals surface area (Å²) in [5.74, 6) is -0.299. The average Bonchev–Trinajstić information content (AvgIpc) is 2.68. The number of nitrogens with zero attached hydrogens (tertiary/aromatic N) is 3. The molecule has 4 nitrogen and oxygen atoms in total. The molecular formula is C10H8FN3O. The van der Waals surface area contributed by atoms with Gasteiger partial charge in [-0.05, 0) is 24.3 Å². The molecule has 0 bridgehead atoms. The lowest BCUT2D eigenvalue weighted by Crippen LogP contribution is -1.94. The van der Waals surface area contributed by atoms with E-state index in [1.54, 1.807) is 18.3 Å². The van der Waals surface area contributed by atoms with E-state index in [4.69, 9.17) is 0 Å². The minimum absolute atomic E-state index is 0.237. The summed E-state index contributed by atoms with van der Waals surface area (Å²) >= 11 is 0. The molecule has 15 heavy (non-hydrogen) atoms. The van der Waals surface area contributed by atoms with Crippen LogP contribution in [0.25, 0.3) is 5.69 Å². The van der Waals surface area contributed by atoms with Crippen molar-refractivity contribution >= 4 is 6.29 Å². The number of benzene rings is 1. The summed E-state index contributed by atoms with van der Waals surface area (Å²) in [6.07, 6.45) is 2.64. The van der Waals surface area contributed by atoms with Crippen LogP contribution in [0.1, 0.15) is 5.69 Å². The van der Waals surface area contributed by atoms with E-state index >= 15 is 0 Å². The van der Waals surface area contributed by atoms with Gasteiger partial charge in [-0.15, -0.1) is 5.10 Å². The maximum absolute atomic E-state index is 12.6. The molecular weight excluding hydrogens is 197 g/mol. The number of rotatable bonds is 3. The van der Waals surface area contributed by atoms with Crippen LogP contribution >= 0.6 is 0 Å². The molecule has 1 heterocycles. The fourth-order valence-electron chi connectivity index (χ4n) is 1.20. The Kier molecular flexibility index (Phi) is 2.53. The molecule has 0 saturated heterocycles. The number of halogens is 1. The Balaban J connectivity index is 2.28. The molecule has 0 saturated carbocycles. The number of aldehydes is 1. The summed E-state index contributed by atoms with van der Waals surface area (Å²) in [6.45, 7) is 0. The maximum atomic E-state index is 12.6. The van der Waals surface area contributed by atoms with Crippen molar-refractivity contribution in [2.45, 2.75) is 6.42 Å². The van der Waals surface area contributed by atoms with Crippen molar-refractivity contribution in [2.24, 2.45) is 0 Å². The second-order valence-corrected chi connectivity index (χ2v) is 3.00. The summed E-state index contributed by atoms with van der Waals surface area (Å²) in [5, 5.41) is 7.61. The summed E-state index contributed by atoms with van der Waals surface area (Å²) in [6, 6.07) is 5.87. The smallest absolute Gasteiger partial charge is 0.126 e. The zero-order valence-electron chi connectivity index (χ0n) is 7.80. The Morgan fingerprint density at radius 2 is 2.07 bits per heavy atom. The Morgan fingerprint density at radius 1 is 1.33 bits per heavy atom. The molecule has 0 amide bonds. The Bertz CT molecular complexity index is 464. The molecule has 2 rings (SSSR count). The lowest BCUT2D eigenvalue weighted by molar-refractivity contribution is -0.107. The van der Waals surface area contributed by atoms with Gasteiger partial charge in [0.15, 0.2) is 0 Å². The number of carbonyl (C=O) groups excluding carboxylic acids is 1. The van der Waals surface area contributed by atoms with Gasteiger partial charge in [-0.3, -0.25) is 0 Å². The number of hydrogen-bond acceptors (Lipinski definition) is 3. The van der Waals surface area contributed by atoms with Crippen LogP contribution in [0.5, 0.6) is 0 Å². The predicted molar refractivity (Wildman–Crippen MR) is 51.1 cm³/mol. The molecule has 0 unspecified atom stereocenters. The second kappa shape index (κ2) is 4.00. The van der Waals surface area contributed by atoms with E-state index in [1.165, 1.54) is 16.8 Å². The van der Waals surface area contributed by atoms with Crippen molar-refractivity contribution in [1.82, 2.24) is 15.0 Å². The van der Waals surface area contributed by atoms with Crippen LogP contribution in [0, 0.1) is 5.82 Å². The number of hydrogen-bond donors (Lipinski definition) is 0. The first-order chi connectivity index (χ1) is 7.29. The van der Waals surface area contributed by atoms with Crippen molar-refractivity contribution in [3.63, 3.8) is 0 Å². The van der Waals surface area contributed by atoms with Gasteiger partial charge in [-0.25, -0.2) is 9.07 Å². The maximum Gasteiger partial charge on any atom is 0.126 e. The Morgan fingerprint density at radius 3 is 2.73 bits per heavy atom. The van der Waals surface area contributed by atoms with Crippen molar-refractivity contribution in [3.8, 4) is 5.69 Å². The molecule has 1 aromatic carbocycles. The van der Waals surface area contributed by atoms with E-state index in [1.807, 2.05) is 0 Å². The first kappa shape index (κ1) is 9.51. The molecule has 0 aliphatic rings. The van der Waals surface area contributed by atoms with Crippen LogP contribution < -0.4 is 0 Å². The highest BCUT2D eigenvalue weighted by Gasteiger charge is 2.01. The van der Waals surface area contributed by atoms with Crippen LogP contribution in [0.3, 0.4) is 0 Å². The third-order valence-corrected chi connectivity index (χ3v) is 1.92.